The topological polar surface area (TPSA) is 59.4 Å². The molecule has 0 saturated heterocycles. The van der Waals surface area contributed by atoms with Gasteiger partial charge in [0.05, 0.1) is 56.0 Å². The Bertz CT molecular complexity index is 3900. The molecule has 0 spiro atoms. The fourth-order valence-electron chi connectivity index (χ4n) is 9.72. The highest BCUT2D eigenvalue weighted by Crippen LogP contribution is 2.44. The van der Waals surface area contributed by atoms with Crippen molar-refractivity contribution in [3.8, 4) is 73.3 Å². The Hall–Kier alpha value is -8.99. The molecular formula is C59H35F2N5. The first-order valence-corrected chi connectivity index (χ1v) is 21.7. The molecule has 4 heterocycles. The van der Waals surface area contributed by atoms with Crippen molar-refractivity contribution in [1.29, 1.82) is 5.26 Å². The van der Waals surface area contributed by atoms with Gasteiger partial charge in [0.15, 0.2) is 0 Å². The van der Waals surface area contributed by atoms with Gasteiger partial charge in [-0.1, -0.05) is 127 Å². The molecule has 0 aliphatic rings. The summed E-state index contributed by atoms with van der Waals surface area (Å²) in [5.41, 5.74) is 12.4. The minimum Gasteiger partial charge on any atom is -0.309 e. The second kappa shape index (κ2) is 15.7. The van der Waals surface area contributed by atoms with Crippen molar-refractivity contribution in [2.75, 3.05) is 0 Å². The molecule has 0 aliphatic carbocycles. The summed E-state index contributed by atoms with van der Waals surface area (Å²) in [6.45, 7) is 0. The van der Waals surface area contributed by atoms with E-state index in [1.54, 1.807) is 24.5 Å². The van der Waals surface area contributed by atoms with E-state index >= 15 is 8.78 Å². The highest BCUT2D eigenvalue weighted by molar-refractivity contribution is 6.13. The van der Waals surface area contributed by atoms with Gasteiger partial charge in [-0.05, 0) is 83.9 Å². The number of rotatable bonds is 7. The third-order valence-corrected chi connectivity index (χ3v) is 12.6. The van der Waals surface area contributed by atoms with Crippen LogP contribution in [0.5, 0.6) is 0 Å². The molecule has 7 heteroatoms. The van der Waals surface area contributed by atoms with Crippen LogP contribution in [-0.4, -0.2) is 19.1 Å². The molecule has 0 N–H and O–H groups in total. The van der Waals surface area contributed by atoms with E-state index in [0.717, 1.165) is 88.4 Å². The van der Waals surface area contributed by atoms with Gasteiger partial charge in [-0.3, -0.25) is 9.97 Å². The minimum absolute atomic E-state index is 0.184. The zero-order chi connectivity index (χ0) is 44.3. The molecule has 0 unspecified atom stereocenters. The smallest absolute Gasteiger partial charge is 0.134 e. The lowest BCUT2D eigenvalue weighted by atomic mass is 9.97. The SMILES string of the molecule is N#Cc1cc(-n2c3ccccc3c3cc(-c4cccnc4-c4ccccc4)ccc32)c(-c2c(F)cccc2F)cc1-n1c2ccccc2c2cc(-c3cccnc3-c3ccccc3)ccc21. The fourth-order valence-corrected chi connectivity index (χ4v) is 9.72. The first kappa shape index (κ1) is 38.7. The van der Waals surface area contributed by atoms with Gasteiger partial charge < -0.3 is 9.13 Å². The van der Waals surface area contributed by atoms with Crippen LogP contribution >= 0.6 is 0 Å². The Morgan fingerprint density at radius 2 is 0.848 bits per heavy atom. The van der Waals surface area contributed by atoms with Crippen LogP contribution in [0.3, 0.4) is 0 Å². The molecule has 0 fully saturated rings. The summed E-state index contributed by atoms with van der Waals surface area (Å²) in [5, 5.41) is 15.0. The van der Waals surface area contributed by atoms with Crippen LogP contribution in [0, 0.1) is 23.0 Å². The molecule has 0 aliphatic heterocycles. The summed E-state index contributed by atoms with van der Waals surface area (Å²) in [5.74, 6) is -1.42. The second-order valence-electron chi connectivity index (χ2n) is 16.3. The van der Waals surface area contributed by atoms with Crippen LogP contribution in [0.1, 0.15) is 5.56 Å². The van der Waals surface area contributed by atoms with Gasteiger partial charge in [0.2, 0.25) is 0 Å². The molecule has 0 bridgehead atoms. The molecule has 0 amide bonds. The van der Waals surface area contributed by atoms with Crippen molar-refractivity contribution in [2.45, 2.75) is 0 Å². The largest absolute Gasteiger partial charge is 0.309 e. The number of pyridine rings is 2. The molecule has 8 aromatic carbocycles. The summed E-state index contributed by atoms with van der Waals surface area (Å²) in [7, 11) is 0. The Kier molecular flexibility index (Phi) is 9.18. The van der Waals surface area contributed by atoms with Crippen LogP contribution in [0.25, 0.3) is 111 Å². The number of nitriles is 1. The Morgan fingerprint density at radius 3 is 1.36 bits per heavy atom. The summed E-state index contributed by atoms with van der Waals surface area (Å²) in [6, 6.07) is 66.8. The van der Waals surface area contributed by atoms with Gasteiger partial charge in [-0.15, -0.1) is 0 Å². The molecule has 12 aromatic rings. The van der Waals surface area contributed by atoms with E-state index in [9.17, 15) is 5.26 Å². The van der Waals surface area contributed by atoms with E-state index in [0.29, 0.717) is 22.5 Å². The zero-order valence-corrected chi connectivity index (χ0v) is 35.2. The number of nitrogens with zero attached hydrogens (tertiary/aromatic N) is 5. The maximum atomic E-state index is 16.4. The van der Waals surface area contributed by atoms with Gasteiger partial charge >= 0.3 is 0 Å². The quantitative estimate of drug-likeness (QED) is 0.160. The van der Waals surface area contributed by atoms with Crippen LogP contribution in [0.4, 0.5) is 8.78 Å². The van der Waals surface area contributed by atoms with E-state index in [1.807, 2.05) is 100 Å². The lowest BCUT2D eigenvalue weighted by molar-refractivity contribution is 0.589. The molecule has 0 saturated carbocycles. The number of hydrogen-bond donors (Lipinski definition) is 0. The molecule has 12 rings (SSSR count). The number of aromatic nitrogens is 4. The molecule has 0 radical (unpaired) electrons. The fraction of sp³-hybridized carbons (Fsp3) is 0. The van der Waals surface area contributed by atoms with Crippen molar-refractivity contribution < 1.29 is 8.78 Å². The molecule has 5 nitrogen and oxygen atoms in total. The normalized spacial score (nSPS) is 11.5. The van der Waals surface area contributed by atoms with Crippen molar-refractivity contribution >= 4 is 43.6 Å². The average Bonchev–Trinajstić information content (AvgIpc) is 3.88. The molecule has 4 aromatic heterocycles. The maximum Gasteiger partial charge on any atom is 0.134 e. The van der Waals surface area contributed by atoms with Crippen LogP contribution in [0.2, 0.25) is 0 Å². The van der Waals surface area contributed by atoms with Crippen molar-refractivity contribution in [3.05, 3.63) is 230 Å². The van der Waals surface area contributed by atoms with E-state index in [2.05, 4.69) is 84.9 Å². The molecule has 66 heavy (non-hydrogen) atoms. The number of para-hydroxylation sites is 2. The highest BCUT2D eigenvalue weighted by Gasteiger charge is 2.25. The third kappa shape index (κ3) is 6.19. The van der Waals surface area contributed by atoms with Crippen molar-refractivity contribution in [1.82, 2.24) is 19.1 Å². The third-order valence-electron chi connectivity index (χ3n) is 12.6. The second-order valence-corrected chi connectivity index (χ2v) is 16.3. The summed E-state index contributed by atoms with van der Waals surface area (Å²) in [4.78, 5) is 9.58. The van der Waals surface area contributed by atoms with Crippen molar-refractivity contribution in [2.24, 2.45) is 0 Å². The lowest BCUT2D eigenvalue weighted by Crippen LogP contribution is -2.05. The molecular weight excluding hydrogens is 817 g/mol. The monoisotopic (exact) mass is 851 g/mol. The number of benzene rings is 8. The number of halogens is 2. The van der Waals surface area contributed by atoms with Crippen LogP contribution < -0.4 is 0 Å². The van der Waals surface area contributed by atoms with Gasteiger partial charge in [0.1, 0.15) is 17.7 Å². The zero-order valence-electron chi connectivity index (χ0n) is 35.2. The number of hydrogen-bond acceptors (Lipinski definition) is 3. The molecule has 310 valence electrons. The summed E-state index contributed by atoms with van der Waals surface area (Å²) >= 11 is 0. The average molecular weight is 852 g/mol. The van der Waals surface area contributed by atoms with Crippen LogP contribution in [0.15, 0.2) is 213 Å². The number of fused-ring (bicyclic) bond motifs is 6. The lowest BCUT2D eigenvalue weighted by Gasteiger charge is -2.19. The van der Waals surface area contributed by atoms with Crippen molar-refractivity contribution in [3.63, 3.8) is 0 Å². The predicted octanol–water partition coefficient (Wildman–Crippen LogP) is 15.2. The molecule has 0 atom stereocenters. The van der Waals surface area contributed by atoms with E-state index < -0.39 is 11.6 Å². The summed E-state index contributed by atoms with van der Waals surface area (Å²) < 4.78 is 36.9. The first-order valence-electron chi connectivity index (χ1n) is 21.7. The van der Waals surface area contributed by atoms with Gasteiger partial charge in [0.25, 0.3) is 0 Å². The van der Waals surface area contributed by atoms with E-state index in [-0.39, 0.29) is 5.56 Å². The van der Waals surface area contributed by atoms with Gasteiger partial charge in [-0.2, -0.15) is 5.26 Å². The highest BCUT2D eigenvalue weighted by atomic mass is 19.1. The standard InChI is InChI=1S/C59H35F2N5/c60-49-22-11-23-50(61)57(49)48-35-55(65-51-24-9-7-18-44(51)46-32-39(26-28-53(46)65)42-20-12-30-63-58(42)37-14-3-1-4-15-37)41(36-62)34-56(48)66-52-25-10-8-19-45(52)47-33-40(27-29-54(47)66)43-21-13-31-64-59(43)38-16-5-2-6-17-38/h1-35H. The summed E-state index contributed by atoms with van der Waals surface area (Å²) in [6.07, 6.45) is 3.61. The maximum absolute atomic E-state index is 16.4. The van der Waals surface area contributed by atoms with Gasteiger partial charge in [-0.25, -0.2) is 8.78 Å². The van der Waals surface area contributed by atoms with Crippen LogP contribution in [-0.2, 0) is 0 Å². The minimum atomic E-state index is -0.711. The Balaban J connectivity index is 1.10. The first-order chi connectivity index (χ1) is 32.6. The van der Waals surface area contributed by atoms with E-state index in [1.165, 1.54) is 18.2 Å². The van der Waals surface area contributed by atoms with Gasteiger partial charge in [0, 0.05) is 61.8 Å². The van der Waals surface area contributed by atoms with E-state index in [4.69, 9.17) is 9.97 Å². The predicted molar refractivity (Wildman–Crippen MR) is 263 cm³/mol. The Morgan fingerprint density at radius 1 is 0.379 bits per heavy atom. The Labute approximate surface area is 378 Å².